The van der Waals surface area contributed by atoms with Crippen molar-refractivity contribution in [2.75, 3.05) is 18.2 Å². The van der Waals surface area contributed by atoms with Crippen LogP contribution in [0.25, 0.3) is 0 Å². The number of nitrogens with one attached hydrogen (secondary N) is 1. The molecular weight excluding hydrogens is 262 g/mol. The Labute approximate surface area is 117 Å². The Balaban J connectivity index is 2.54. The summed E-state index contributed by atoms with van der Waals surface area (Å²) in [6.07, 6.45) is 0. The highest BCUT2D eigenvalue weighted by Gasteiger charge is 2.16. The summed E-state index contributed by atoms with van der Waals surface area (Å²) in [5.41, 5.74) is 2.90. The van der Waals surface area contributed by atoms with Gasteiger partial charge in [0.05, 0.1) is 12.9 Å². The average Bonchev–Trinajstić information content (AvgIpc) is 2.39. The molecule has 0 aliphatic carbocycles. The number of hydrogen-bond donors (Lipinski definition) is 1. The van der Waals surface area contributed by atoms with Crippen LogP contribution < -0.4 is 5.32 Å². The van der Waals surface area contributed by atoms with Crippen molar-refractivity contribution in [2.45, 2.75) is 26.0 Å². The lowest BCUT2D eigenvalue weighted by molar-refractivity contribution is -0.139. The summed E-state index contributed by atoms with van der Waals surface area (Å²) < 4.78 is 4.61. The van der Waals surface area contributed by atoms with Crippen molar-refractivity contribution in [3.05, 3.63) is 29.3 Å². The molecule has 1 amide bonds. The standard InChI is InChI=1S/C14H19NO3S/c1-9-6-5-7-10(2)13(9)15-12(16)8-19-11(3)14(17)18-4/h5-7,11H,8H2,1-4H3,(H,15,16). The molecule has 1 atom stereocenters. The number of carbonyl (C=O) groups is 2. The van der Waals surface area contributed by atoms with Crippen LogP contribution in [0, 0.1) is 13.8 Å². The smallest absolute Gasteiger partial charge is 0.318 e. The normalized spacial score (nSPS) is 11.8. The highest BCUT2D eigenvalue weighted by molar-refractivity contribution is 8.01. The molecule has 0 aliphatic heterocycles. The molecule has 0 aliphatic rings. The van der Waals surface area contributed by atoms with Gasteiger partial charge in [-0.25, -0.2) is 0 Å². The second-order valence-corrected chi connectivity index (χ2v) is 5.62. The van der Waals surface area contributed by atoms with E-state index in [-0.39, 0.29) is 22.9 Å². The van der Waals surface area contributed by atoms with Crippen LogP contribution in [0.5, 0.6) is 0 Å². The summed E-state index contributed by atoms with van der Waals surface area (Å²) >= 11 is 1.26. The maximum atomic E-state index is 11.8. The molecule has 1 aromatic rings. The first-order valence-corrected chi connectivity index (χ1v) is 7.06. The summed E-state index contributed by atoms with van der Waals surface area (Å²) in [7, 11) is 1.34. The molecule has 0 bridgehead atoms. The van der Waals surface area contributed by atoms with E-state index >= 15 is 0 Å². The number of para-hydroxylation sites is 1. The number of benzene rings is 1. The zero-order valence-corrected chi connectivity index (χ0v) is 12.5. The van der Waals surface area contributed by atoms with E-state index in [1.165, 1.54) is 18.9 Å². The highest BCUT2D eigenvalue weighted by Crippen LogP contribution is 2.20. The zero-order valence-electron chi connectivity index (χ0n) is 11.6. The van der Waals surface area contributed by atoms with Gasteiger partial charge in [0.15, 0.2) is 0 Å². The average molecular weight is 281 g/mol. The minimum absolute atomic E-state index is 0.113. The monoisotopic (exact) mass is 281 g/mol. The fourth-order valence-electron chi connectivity index (χ4n) is 1.62. The van der Waals surface area contributed by atoms with Crippen molar-refractivity contribution in [3.8, 4) is 0 Å². The van der Waals surface area contributed by atoms with Crippen LogP contribution in [0.4, 0.5) is 5.69 Å². The number of carbonyl (C=O) groups excluding carboxylic acids is 2. The van der Waals surface area contributed by atoms with E-state index in [9.17, 15) is 9.59 Å². The first-order chi connectivity index (χ1) is 8.95. The van der Waals surface area contributed by atoms with E-state index in [4.69, 9.17) is 0 Å². The number of thioether (sulfide) groups is 1. The summed E-state index contributed by atoms with van der Waals surface area (Å²) in [5, 5.41) is 2.54. The Bertz CT molecular complexity index is 454. The lowest BCUT2D eigenvalue weighted by Crippen LogP contribution is -2.21. The first-order valence-electron chi connectivity index (χ1n) is 6.01. The Kier molecular flexibility index (Phi) is 5.89. The first kappa shape index (κ1) is 15.6. The molecule has 104 valence electrons. The summed E-state index contributed by atoms with van der Waals surface area (Å²) in [6, 6.07) is 5.86. The van der Waals surface area contributed by atoms with Gasteiger partial charge in [0.1, 0.15) is 5.25 Å². The fourth-order valence-corrected chi connectivity index (χ4v) is 2.33. The van der Waals surface area contributed by atoms with Gasteiger partial charge in [0.2, 0.25) is 5.91 Å². The van der Waals surface area contributed by atoms with Crippen LogP contribution in [0.3, 0.4) is 0 Å². The Morgan fingerprint density at radius 3 is 2.42 bits per heavy atom. The number of anilines is 1. The third-order valence-corrected chi connectivity index (χ3v) is 3.86. The topological polar surface area (TPSA) is 55.4 Å². The summed E-state index contributed by atoms with van der Waals surface area (Å²) in [5.74, 6) is -0.202. The molecule has 0 saturated carbocycles. The molecule has 0 fully saturated rings. The third-order valence-electron chi connectivity index (χ3n) is 2.74. The van der Waals surface area contributed by atoms with Gasteiger partial charge in [0, 0.05) is 5.69 Å². The molecule has 5 heteroatoms. The van der Waals surface area contributed by atoms with Crippen LogP contribution in [0.1, 0.15) is 18.1 Å². The Morgan fingerprint density at radius 2 is 1.89 bits per heavy atom. The molecule has 1 aromatic carbocycles. The Morgan fingerprint density at radius 1 is 1.32 bits per heavy atom. The van der Waals surface area contributed by atoms with Crippen LogP contribution >= 0.6 is 11.8 Å². The van der Waals surface area contributed by atoms with Crippen LogP contribution in [0.15, 0.2) is 18.2 Å². The molecule has 1 unspecified atom stereocenters. The summed E-state index contributed by atoms with van der Waals surface area (Å²) in [6.45, 7) is 5.63. The SMILES string of the molecule is COC(=O)C(C)SCC(=O)Nc1c(C)cccc1C. The van der Waals surface area contributed by atoms with E-state index < -0.39 is 0 Å². The van der Waals surface area contributed by atoms with Crippen LogP contribution in [0.2, 0.25) is 0 Å². The molecule has 4 nitrogen and oxygen atoms in total. The van der Waals surface area contributed by atoms with Crippen molar-refractivity contribution < 1.29 is 14.3 Å². The predicted molar refractivity (Wildman–Crippen MR) is 78.5 cm³/mol. The van der Waals surface area contributed by atoms with E-state index in [2.05, 4.69) is 10.1 Å². The minimum Gasteiger partial charge on any atom is -0.468 e. The van der Waals surface area contributed by atoms with Crippen molar-refractivity contribution in [3.63, 3.8) is 0 Å². The zero-order chi connectivity index (χ0) is 14.4. The van der Waals surface area contributed by atoms with Crippen LogP contribution in [-0.4, -0.2) is 30.0 Å². The molecule has 0 radical (unpaired) electrons. The van der Waals surface area contributed by atoms with Crippen molar-refractivity contribution in [2.24, 2.45) is 0 Å². The molecular formula is C14H19NO3S. The highest BCUT2D eigenvalue weighted by atomic mass is 32.2. The lowest BCUT2D eigenvalue weighted by Gasteiger charge is -2.12. The van der Waals surface area contributed by atoms with Crippen molar-refractivity contribution >= 4 is 29.3 Å². The largest absolute Gasteiger partial charge is 0.468 e. The second-order valence-electron chi connectivity index (χ2n) is 4.29. The second kappa shape index (κ2) is 7.19. The number of aryl methyl sites for hydroxylation is 2. The maximum Gasteiger partial charge on any atom is 0.318 e. The number of ether oxygens (including phenoxy) is 1. The van der Waals surface area contributed by atoms with E-state index in [1.807, 2.05) is 32.0 Å². The lowest BCUT2D eigenvalue weighted by atomic mass is 10.1. The van der Waals surface area contributed by atoms with Gasteiger partial charge in [-0.1, -0.05) is 18.2 Å². The van der Waals surface area contributed by atoms with Crippen molar-refractivity contribution in [1.29, 1.82) is 0 Å². The number of rotatable bonds is 5. The van der Waals surface area contributed by atoms with E-state index in [1.54, 1.807) is 6.92 Å². The molecule has 19 heavy (non-hydrogen) atoms. The van der Waals surface area contributed by atoms with E-state index in [0.29, 0.717) is 0 Å². The molecule has 1 N–H and O–H groups in total. The fraction of sp³-hybridized carbons (Fsp3) is 0.429. The third kappa shape index (κ3) is 4.59. The van der Waals surface area contributed by atoms with E-state index in [0.717, 1.165) is 16.8 Å². The molecule has 0 saturated heterocycles. The van der Waals surface area contributed by atoms with Gasteiger partial charge >= 0.3 is 5.97 Å². The quantitative estimate of drug-likeness (QED) is 0.843. The van der Waals surface area contributed by atoms with Gasteiger partial charge in [-0.05, 0) is 31.9 Å². The number of hydrogen-bond acceptors (Lipinski definition) is 4. The molecule has 1 rings (SSSR count). The Hall–Kier alpha value is -1.49. The predicted octanol–water partition coefficient (Wildman–Crippen LogP) is 2.54. The summed E-state index contributed by atoms with van der Waals surface area (Å²) in [4.78, 5) is 23.1. The maximum absolute atomic E-state index is 11.8. The van der Waals surface area contributed by atoms with Gasteiger partial charge < -0.3 is 10.1 Å². The van der Waals surface area contributed by atoms with Gasteiger partial charge in [-0.3, -0.25) is 9.59 Å². The van der Waals surface area contributed by atoms with Gasteiger partial charge in [0.25, 0.3) is 0 Å². The molecule has 0 spiro atoms. The minimum atomic E-state index is -0.339. The molecule has 0 heterocycles. The van der Waals surface area contributed by atoms with Gasteiger partial charge in [-0.2, -0.15) is 0 Å². The van der Waals surface area contributed by atoms with Crippen LogP contribution in [-0.2, 0) is 14.3 Å². The number of methoxy groups -OCH3 is 1. The van der Waals surface area contributed by atoms with Crippen molar-refractivity contribution in [1.82, 2.24) is 0 Å². The van der Waals surface area contributed by atoms with Gasteiger partial charge in [-0.15, -0.1) is 11.8 Å². The number of esters is 1. The molecule has 0 aromatic heterocycles. The number of amides is 1.